The Balaban J connectivity index is 1.57. The van der Waals surface area contributed by atoms with Gasteiger partial charge in [0.2, 0.25) is 0 Å². The number of hydrogen-bond donors (Lipinski definition) is 3. The number of benzene rings is 1. The number of imidazole rings is 1. The quantitative estimate of drug-likeness (QED) is 0.760. The number of carbonyl (C=O) groups excluding carboxylic acids is 1. The van der Waals surface area contributed by atoms with Crippen LogP contribution in [0.1, 0.15) is 6.42 Å². The number of carboxylic acid groups (broad SMARTS) is 1. The molecule has 0 radical (unpaired) electrons. The van der Waals surface area contributed by atoms with E-state index in [1.54, 1.807) is 4.57 Å². The fourth-order valence-corrected chi connectivity index (χ4v) is 2.86. The number of aromatic amines is 1. The zero-order valence-electron chi connectivity index (χ0n) is 12.5. The molecule has 3 rings (SSSR count). The molecule has 1 aromatic heterocycles. The van der Waals surface area contributed by atoms with Gasteiger partial charge in [0.05, 0.1) is 17.0 Å². The second-order valence-corrected chi connectivity index (χ2v) is 5.60. The predicted molar refractivity (Wildman–Crippen MR) is 83.3 cm³/mol. The van der Waals surface area contributed by atoms with Gasteiger partial charge in [0.25, 0.3) is 0 Å². The molecule has 3 N–H and O–H groups in total. The van der Waals surface area contributed by atoms with Crippen LogP contribution in [0.25, 0.3) is 11.0 Å². The Bertz CT molecular complexity index is 794. The monoisotopic (exact) mass is 318 g/mol. The molecule has 1 aliphatic heterocycles. The van der Waals surface area contributed by atoms with Crippen LogP contribution in [0.5, 0.6) is 0 Å². The molecule has 1 aromatic carbocycles. The number of urea groups is 1. The second-order valence-electron chi connectivity index (χ2n) is 5.60. The third-order valence-corrected chi connectivity index (χ3v) is 4.12. The Kier molecular flexibility index (Phi) is 4.05. The zero-order chi connectivity index (χ0) is 16.4. The van der Waals surface area contributed by atoms with E-state index in [0.29, 0.717) is 26.1 Å². The summed E-state index contributed by atoms with van der Waals surface area (Å²) in [4.78, 5) is 39.1. The van der Waals surface area contributed by atoms with E-state index in [9.17, 15) is 14.4 Å². The third-order valence-electron chi connectivity index (χ3n) is 4.12. The number of carbonyl (C=O) groups is 2. The molecule has 1 fully saturated rings. The van der Waals surface area contributed by atoms with Crippen molar-refractivity contribution in [3.8, 4) is 0 Å². The molecule has 1 saturated heterocycles. The van der Waals surface area contributed by atoms with Crippen LogP contribution in [0, 0.1) is 5.92 Å². The summed E-state index contributed by atoms with van der Waals surface area (Å²) < 4.78 is 1.57. The Morgan fingerprint density at radius 3 is 2.87 bits per heavy atom. The molecule has 23 heavy (non-hydrogen) atoms. The lowest BCUT2D eigenvalue weighted by atomic mass is 10.1. The van der Waals surface area contributed by atoms with Crippen molar-refractivity contribution in [3.05, 3.63) is 34.7 Å². The van der Waals surface area contributed by atoms with Gasteiger partial charge in [-0.15, -0.1) is 0 Å². The van der Waals surface area contributed by atoms with E-state index in [-0.39, 0.29) is 18.3 Å². The molecule has 122 valence electrons. The number of amides is 2. The number of hydrogen-bond acceptors (Lipinski definition) is 3. The van der Waals surface area contributed by atoms with Gasteiger partial charge < -0.3 is 20.3 Å². The van der Waals surface area contributed by atoms with E-state index in [0.717, 1.165) is 11.0 Å². The van der Waals surface area contributed by atoms with Gasteiger partial charge in [-0.3, -0.25) is 9.36 Å². The molecular weight excluding hydrogens is 300 g/mol. The first-order valence-corrected chi connectivity index (χ1v) is 7.49. The Hall–Kier alpha value is -2.77. The normalized spacial score (nSPS) is 17.6. The molecule has 1 aliphatic rings. The van der Waals surface area contributed by atoms with Crippen molar-refractivity contribution < 1.29 is 14.7 Å². The summed E-state index contributed by atoms with van der Waals surface area (Å²) in [5, 5.41) is 11.7. The van der Waals surface area contributed by atoms with Gasteiger partial charge in [0, 0.05) is 26.2 Å². The van der Waals surface area contributed by atoms with E-state index in [1.807, 2.05) is 24.3 Å². The van der Waals surface area contributed by atoms with Crippen molar-refractivity contribution in [2.24, 2.45) is 5.92 Å². The Morgan fingerprint density at radius 1 is 1.35 bits per heavy atom. The lowest BCUT2D eigenvalue weighted by Gasteiger charge is -2.16. The zero-order valence-corrected chi connectivity index (χ0v) is 12.5. The van der Waals surface area contributed by atoms with Crippen molar-refractivity contribution in [1.82, 2.24) is 19.8 Å². The average molecular weight is 318 g/mol. The molecule has 8 heteroatoms. The van der Waals surface area contributed by atoms with Crippen LogP contribution in [0.3, 0.4) is 0 Å². The maximum Gasteiger partial charge on any atom is 0.326 e. The molecule has 2 amide bonds. The molecule has 8 nitrogen and oxygen atoms in total. The Morgan fingerprint density at radius 2 is 2.13 bits per heavy atom. The van der Waals surface area contributed by atoms with Crippen molar-refractivity contribution in [3.63, 3.8) is 0 Å². The summed E-state index contributed by atoms with van der Waals surface area (Å²) in [6, 6.07) is 7.06. The molecule has 1 unspecified atom stereocenters. The van der Waals surface area contributed by atoms with Crippen molar-refractivity contribution >= 4 is 23.0 Å². The van der Waals surface area contributed by atoms with Crippen molar-refractivity contribution in [2.75, 3.05) is 19.6 Å². The van der Waals surface area contributed by atoms with E-state index < -0.39 is 11.9 Å². The number of carboxylic acids is 1. The number of likely N-dealkylation sites (tertiary alicyclic amines) is 1. The molecule has 0 spiro atoms. The maximum atomic E-state index is 12.0. The third kappa shape index (κ3) is 3.05. The van der Waals surface area contributed by atoms with Crippen LogP contribution in [0.4, 0.5) is 4.79 Å². The Labute approximate surface area is 131 Å². The number of rotatable bonds is 4. The first-order valence-electron chi connectivity index (χ1n) is 7.49. The average Bonchev–Trinajstić information content (AvgIpc) is 3.12. The number of fused-ring (bicyclic) bond motifs is 1. The molecule has 0 aliphatic carbocycles. The minimum Gasteiger partial charge on any atom is -0.481 e. The van der Waals surface area contributed by atoms with E-state index >= 15 is 0 Å². The van der Waals surface area contributed by atoms with E-state index in [4.69, 9.17) is 5.11 Å². The van der Waals surface area contributed by atoms with Gasteiger partial charge in [-0.1, -0.05) is 12.1 Å². The smallest absolute Gasteiger partial charge is 0.326 e. The largest absolute Gasteiger partial charge is 0.481 e. The molecule has 2 aromatic rings. The number of nitrogens with one attached hydrogen (secondary N) is 2. The fraction of sp³-hybridized carbons (Fsp3) is 0.400. The molecule has 1 atom stereocenters. The van der Waals surface area contributed by atoms with Gasteiger partial charge in [-0.25, -0.2) is 9.59 Å². The maximum absolute atomic E-state index is 12.0. The topological polar surface area (TPSA) is 107 Å². The van der Waals surface area contributed by atoms with Crippen LogP contribution >= 0.6 is 0 Å². The van der Waals surface area contributed by atoms with Gasteiger partial charge in [-0.05, 0) is 18.6 Å². The minimum atomic E-state index is -0.870. The number of aromatic nitrogens is 2. The summed E-state index contributed by atoms with van der Waals surface area (Å²) in [7, 11) is 0. The second kappa shape index (κ2) is 6.15. The number of nitrogens with zero attached hydrogens (tertiary/aromatic N) is 2. The summed E-state index contributed by atoms with van der Waals surface area (Å²) >= 11 is 0. The van der Waals surface area contributed by atoms with Crippen LogP contribution in [0.15, 0.2) is 29.1 Å². The first kappa shape index (κ1) is 15.1. The van der Waals surface area contributed by atoms with E-state index in [1.165, 1.54) is 4.90 Å². The van der Waals surface area contributed by atoms with Gasteiger partial charge >= 0.3 is 17.7 Å². The summed E-state index contributed by atoms with van der Waals surface area (Å²) in [6.07, 6.45) is 0.477. The number of para-hydroxylation sites is 2. The lowest BCUT2D eigenvalue weighted by molar-refractivity contribution is -0.141. The standard InChI is InChI=1S/C15H18N4O4/c20-13(21)10-5-7-18(9-10)14(22)16-6-8-19-12-4-2-1-3-11(12)17-15(19)23/h1-4,10H,5-9H2,(H,16,22)(H,17,23)(H,20,21). The van der Waals surface area contributed by atoms with Crippen LogP contribution in [-0.4, -0.2) is 51.2 Å². The predicted octanol–water partition coefficient (Wildman–Crippen LogP) is 0.446. The highest BCUT2D eigenvalue weighted by molar-refractivity contribution is 5.77. The van der Waals surface area contributed by atoms with Crippen molar-refractivity contribution in [1.29, 1.82) is 0 Å². The highest BCUT2D eigenvalue weighted by Gasteiger charge is 2.30. The van der Waals surface area contributed by atoms with Gasteiger partial charge in [0.1, 0.15) is 0 Å². The SMILES string of the molecule is O=C(O)C1CCN(C(=O)NCCn2c(=O)[nH]c3ccccc32)C1. The molecule has 2 heterocycles. The number of H-pyrrole nitrogens is 1. The van der Waals surface area contributed by atoms with Gasteiger partial charge in [0.15, 0.2) is 0 Å². The minimum absolute atomic E-state index is 0.215. The summed E-state index contributed by atoms with van der Waals surface area (Å²) in [6.45, 7) is 1.32. The van der Waals surface area contributed by atoms with Crippen LogP contribution < -0.4 is 11.0 Å². The number of aliphatic carboxylic acids is 1. The first-order chi connectivity index (χ1) is 11.1. The summed E-state index contributed by atoms with van der Waals surface area (Å²) in [5.74, 6) is -1.36. The van der Waals surface area contributed by atoms with E-state index in [2.05, 4.69) is 10.3 Å². The van der Waals surface area contributed by atoms with Crippen LogP contribution in [-0.2, 0) is 11.3 Å². The fourth-order valence-electron chi connectivity index (χ4n) is 2.86. The van der Waals surface area contributed by atoms with Crippen molar-refractivity contribution in [2.45, 2.75) is 13.0 Å². The lowest BCUT2D eigenvalue weighted by Crippen LogP contribution is -2.40. The van der Waals surface area contributed by atoms with Crippen LogP contribution in [0.2, 0.25) is 0 Å². The molecule has 0 saturated carbocycles. The molecule has 0 bridgehead atoms. The highest BCUT2D eigenvalue weighted by Crippen LogP contribution is 2.16. The highest BCUT2D eigenvalue weighted by atomic mass is 16.4. The van der Waals surface area contributed by atoms with Gasteiger partial charge in [-0.2, -0.15) is 0 Å². The summed E-state index contributed by atoms with van der Waals surface area (Å²) in [5.41, 5.74) is 1.33. The molecular formula is C15H18N4O4.